The first kappa shape index (κ1) is 15.0. The largest absolute Gasteiger partial charge is 0.357 e. The monoisotopic (exact) mass is 269 g/mol. The molecule has 0 aliphatic rings. The van der Waals surface area contributed by atoms with E-state index in [1.807, 2.05) is 12.3 Å². The molecule has 0 aliphatic heterocycles. The van der Waals surface area contributed by atoms with Crippen molar-refractivity contribution < 1.29 is 0 Å². The van der Waals surface area contributed by atoms with Gasteiger partial charge >= 0.3 is 0 Å². The van der Waals surface area contributed by atoms with E-state index in [0.717, 1.165) is 17.4 Å². The number of hydrazine groups is 1. The van der Waals surface area contributed by atoms with Gasteiger partial charge in [0.2, 0.25) is 0 Å². The maximum atomic E-state index is 5.43. The molecule has 6 heteroatoms. The Balaban J connectivity index is 2.93. The first-order valence-electron chi connectivity index (χ1n) is 6.10. The minimum Gasteiger partial charge on any atom is -0.357 e. The summed E-state index contributed by atoms with van der Waals surface area (Å²) in [5.41, 5.74) is 2.59. The average Bonchev–Trinajstić information content (AvgIpc) is 2.36. The Morgan fingerprint density at radius 2 is 2.06 bits per heavy atom. The van der Waals surface area contributed by atoms with E-state index in [-0.39, 0.29) is 0 Å². The summed E-state index contributed by atoms with van der Waals surface area (Å²) in [7, 11) is 2.06. The lowest BCUT2D eigenvalue weighted by Crippen LogP contribution is -2.31. The molecule has 0 radical (unpaired) electrons. The van der Waals surface area contributed by atoms with Crippen LogP contribution >= 0.6 is 11.8 Å². The Hall–Kier alpha value is -1.01. The van der Waals surface area contributed by atoms with Crippen molar-refractivity contribution in [2.24, 2.45) is 11.8 Å². The Morgan fingerprint density at radius 3 is 2.56 bits per heavy atom. The van der Waals surface area contributed by atoms with Gasteiger partial charge in [0.05, 0.1) is 0 Å². The zero-order valence-electron chi connectivity index (χ0n) is 11.8. The summed E-state index contributed by atoms with van der Waals surface area (Å²) in [5.74, 6) is 7.64. The minimum atomic E-state index is 0.431. The second kappa shape index (κ2) is 6.80. The van der Waals surface area contributed by atoms with Crippen molar-refractivity contribution in [3.05, 3.63) is 6.07 Å². The van der Waals surface area contributed by atoms with Crippen LogP contribution in [0.3, 0.4) is 0 Å². The summed E-state index contributed by atoms with van der Waals surface area (Å²) >= 11 is 1.51. The van der Waals surface area contributed by atoms with Gasteiger partial charge in [-0.25, -0.2) is 15.8 Å². The van der Waals surface area contributed by atoms with E-state index < -0.39 is 0 Å². The van der Waals surface area contributed by atoms with Crippen LogP contribution in [0.5, 0.6) is 0 Å². The van der Waals surface area contributed by atoms with Crippen LogP contribution in [-0.2, 0) is 0 Å². The molecule has 1 rings (SSSR count). The number of nitrogen functional groups attached to an aromatic ring is 1. The highest BCUT2D eigenvalue weighted by atomic mass is 32.2. The van der Waals surface area contributed by atoms with Gasteiger partial charge in [0.1, 0.15) is 11.6 Å². The van der Waals surface area contributed by atoms with E-state index in [0.29, 0.717) is 17.8 Å². The van der Waals surface area contributed by atoms with Crippen molar-refractivity contribution in [2.75, 3.05) is 23.6 Å². The molecule has 1 aromatic rings. The molecule has 3 N–H and O–H groups in total. The van der Waals surface area contributed by atoms with Gasteiger partial charge in [0.15, 0.2) is 5.16 Å². The number of nitrogens with zero attached hydrogens (tertiary/aromatic N) is 3. The van der Waals surface area contributed by atoms with Gasteiger partial charge in [0, 0.05) is 19.2 Å². The Bertz CT molecular complexity index is 360. The van der Waals surface area contributed by atoms with E-state index in [1.165, 1.54) is 11.8 Å². The van der Waals surface area contributed by atoms with Crippen LogP contribution in [0.4, 0.5) is 11.6 Å². The smallest absolute Gasteiger partial charge is 0.191 e. The molecular weight excluding hydrogens is 246 g/mol. The second-order valence-electron chi connectivity index (χ2n) is 4.83. The molecule has 0 amide bonds. The maximum absolute atomic E-state index is 5.43. The number of nitrogens with two attached hydrogens (primary N) is 1. The molecule has 0 saturated carbocycles. The standard InChI is InChI=1S/C12H23N5S/c1-8(2)6-9(3)17(4)11-7-10(16-13)14-12(15-11)18-5/h7-9H,6,13H2,1-5H3,(H,14,15,16). The molecule has 0 fully saturated rings. The third kappa shape index (κ3) is 4.03. The number of aromatic nitrogens is 2. The summed E-state index contributed by atoms with van der Waals surface area (Å²) in [6, 6.07) is 2.30. The van der Waals surface area contributed by atoms with Crippen molar-refractivity contribution in [1.29, 1.82) is 0 Å². The number of hydrogen-bond acceptors (Lipinski definition) is 6. The lowest BCUT2D eigenvalue weighted by atomic mass is 10.0. The molecule has 0 aromatic carbocycles. The number of hydrogen-bond donors (Lipinski definition) is 2. The highest BCUT2D eigenvalue weighted by molar-refractivity contribution is 7.98. The van der Waals surface area contributed by atoms with Crippen molar-refractivity contribution in [2.45, 2.75) is 38.4 Å². The van der Waals surface area contributed by atoms with E-state index in [9.17, 15) is 0 Å². The summed E-state index contributed by atoms with van der Waals surface area (Å²) in [6.45, 7) is 6.66. The van der Waals surface area contributed by atoms with Crippen molar-refractivity contribution in [3.8, 4) is 0 Å². The van der Waals surface area contributed by atoms with Gasteiger partial charge in [-0.3, -0.25) is 0 Å². The van der Waals surface area contributed by atoms with Gasteiger partial charge in [-0.05, 0) is 25.5 Å². The zero-order valence-corrected chi connectivity index (χ0v) is 12.6. The van der Waals surface area contributed by atoms with Crippen LogP contribution in [0.25, 0.3) is 0 Å². The molecule has 0 saturated heterocycles. The Labute approximate surface area is 114 Å². The average molecular weight is 269 g/mol. The molecule has 5 nitrogen and oxygen atoms in total. The topological polar surface area (TPSA) is 67.1 Å². The summed E-state index contributed by atoms with van der Waals surface area (Å²) in [5, 5.41) is 0.726. The number of nitrogens with one attached hydrogen (secondary N) is 1. The predicted molar refractivity (Wildman–Crippen MR) is 78.9 cm³/mol. The molecule has 1 heterocycles. The van der Waals surface area contributed by atoms with Crippen LogP contribution in [0.15, 0.2) is 11.2 Å². The van der Waals surface area contributed by atoms with Crippen LogP contribution in [-0.4, -0.2) is 29.3 Å². The highest BCUT2D eigenvalue weighted by Crippen LogP contribution is 2.22. The number of anilines is 2. The van der Waals surface area contributed by atoms with E-state index >= 15 is 0 Å². The summed E-state index contributed by atoms with van der Waals surface area (Å²) in [6.07, 6.45) is 3.08. The van der Waals surface area contributed by atoms with Gasteiger partial charge < -0.3 is 10.3 Å². The number of rotatable bonds is 6. The maximum Gasteiger partial charge on any atom is 0.191 e. The summed E-state index contributed by atoms with van der Waals surface area (Å²) < 4.78 is 0. The normalized spacial score (nSPS) is 12.6. The second-order valence-corrected chi connectivity index (χ2v) is 5.61. The third-order valence-corrected chi connectivity index (χ3v) is 3.41. The predicted octanol–water partition coefficient (Wildman–Crippen LogP) is 2.35. The van der Waals surface area contributed by atoms with Crippen LogP contribution in [0.1, 0.15) is 27.2 Å². The van der Waals surface area contributed by atoms with Crippen molar-refractivity contribution >= 4 is 23.4 Å². The van der Waals surface area contributed by atoms with E-state index in [4.69, 9.17) is 5.84 Å². The highest BCUT2D eigenvalue weighted by Gasteiger charge is 2.14. The molecule has 0 spiro atoms. The molecule has 0 aliphatic carbocycles. The number of thioether (sulfide) groups is 1. The molecular formula is C12H23N5S. The third-order valence-electron chi connectivity index (χ3n) is 2.86. The Kier molecular flexibility index (Phi) is 5.68. The molecule has 1 atom stereocenters. The van der Waals surface area contributed by atoms with Crippen LogP contribution in [0, 0.1) is 5.92 Å². The molecule has 1 aromatic heterocycles. The molecule has 0 bridgehead atoms. The van der Waals surface area contributed by atoms with Crippen LogP contribution < -0.4 is 16.2 Å². The van der Waals surface area contributed by atoms with E-state index in [2.05, 4.69) is 48.1 Å². The fourth-order valence-electron chi connectivity index (χ4n) is 1.82. The van der Waals surface area contributed by atoms with Crippen LogP contribution in [0.2, 0.25) is 0 Å². The van der Waals surface area contributed by atoms with Gasteiger partial charge in [-0.15, -0.1) is 0 Å². The molecule has 102 valence electrons. The quantitative estimate of drug-likeness (QED) is 0.358. The fourth-order valence-corrected chi connectivity index (χ4v) is 2.20. The lowest BCUT2D eigenvalue weighted by molar-refractivity contribution is 0.501. The first-order chi connectivity index (χ1) is 8.47. The van der Waals surface area contributed by atoms with Crippen molar-refractivity contribution in [3.63, 3.8) is 0 Å². The fraction of sp³-hybridized carbons (Fsp3) is 0.667. The van der Waals surface area contributed by atoms with Gasteiger partial charge in [-0.1, -0.05) is 25.6 Å². The minimum absolute atomic E-state index is 0.431. The van der Waals surface area contributed by atoms with Gasteiger partial charge in [0.25, 0.3) is 0 Å². The zero-order chi connectivity index (χ0) is 13.7. The lowest BCUT2D eigenvalue weighted by Gasteiger charge is -2.27. The van der Waals surface area contributed by atoms with Gasteiger partial charge in [-0.2, -0.15) is 0 Å². The molecule has 1 unspecified atom stereocenters. The molecule has 18 heavy (non-hydrogen) atoms. The Morgan fingerprint density at radius 1 is 1.39 bits per heavy atom. The SMILES string of the molecule is CSc1nc(NN)cc(N(C)C(C)CC(C)C)n1. The summed E-state index contributed by atoms with van der Waals surface area (Å²) in [4.78, 5) is 10.9. The van der Waals surface area contributed by atoms with Crippen molar-refractivity contribution in [1.82, 2.24) is 9.97 Å². The first-order valence-corrected chi connectivity index (χ1v) is 7.33. The van der Waals surface area contributed by atoms with E-state index in [1.54, 1.807) is 0 Å².